The number of carbonyl (C=O) groups is 3. The number of alkyl carbamates (subject to hydrolysis) is 1. The van der Waals surface area contributed by atoms with E-state index in [4.69, 9.17) is 14.6 Å². The second-order valence-corrected chi connectivity index (χ2v) is 3.34. The molecule has 1 aliphatic rings. The quantitative estimate of drug-likeness (QED) is 0.618. The minimum atomic E-state index is -0.943. The maximum absolute atomic E-state index is 11.1. The van der Waals surface area contributed by atoms with Crippen LogP contribution in [0.5, 0.6) is 0 Å². The van der Waals surface area contributed by atoms with Crippen molar-refractivity contribution in [1.82, 2.24) is 5.32 Å². The molecule has 0 saturated carbocycles. The molecule has 1 rings (SSSR count). The van der Waals surface area contributed by atoms with Crippen molar-refractivity contribution >= 4 is 18.0 Å². The first-order valence-electron chi connectivity index (χ1n) is 4.90. The largest absolute Gasteiger partial charge is 0.481 e. The van der Waals surface area contributed by atoms with Crippen molar-refractivity contribution in [2.24, 2.45) is 0 Å². The Hall–Kier alpha value is -1.79. The molecule has 0 bridgehead atoms. The summed E-state index contributed by atoms with van der Waals surface area (Å²) in [6.45, 7) is 0.325. The third-order valence-electron chi connectivity index (χ3n) is 1.95. The van der Waals surface area contributed by atoms with E-state index in [1.165, 1.54) is 0 Å². The van der Waals surface area contributed by atoms with Crippen molar-refractivity contribution in [3.05, 3.63) is 0 Å². The summed E-state index contributed by atoms with van der Waals surface area (Å²) in [6.07, 6.45) is -0.727. The summed E-state index contributed by atoms with van der Waals surface area (Å²) in [5, 5.41) is 10.8. The number of hydrogen-bond acceptors (Lipinski definition) is 5. The molecular weight excluding hydrogens is 218 g/mol. The van der Waals surface area contributed by atoms with Gasteiger partial charge >= 0.3 is 18.0 Å². The van der Waals surface area contributed by atoms with Crippen LogP contribution in [0, 0.1) is 0 Å². The van der Waals surface area contributed by atoms with Gasteiger partial charge in [0, 0.05) is 12.8 Å². The van der Waals surface area contributed by atoms with Gasteiger partial charge in [-0.2, -0.15) is 0 Å². The fraction of sp³-hybridized carbons (Fsp3) is 0.667. The van der Waals surface area contributed by atoms with Crippen LogP contribution in [0.2, 0.25) is 0 Å². The number of ether oxygens (including phenoxy) is 2. The van der Waals surface area contributed by atoms with Gasteiger partial charge in [-0.1, -0.05) is 0 Å². The molecule has 2 N–H and O–H groups in total. The molecule has 1 aliphatic heterocycles. The first-order chi connectivity index (χ1) is 7.58. The van der Waals surface area contributed by atoms with Crippen LogP contribution in [0.1, 0.15) is 19.3 Å². The monoisotopic (exact) mass is 231 g/mol. The van der Waals surface area contributed by atoms with E-state index in [0.717, 1.165) is 0 Å². The van der Waals surface area contributed by atoms with E-state index in [1.54, 1.807) is 0 Å². The lowest BCUT2D eigenvalue weighted by molar-refractivity contribution is -0.146. The Morgan fingerprint density at radius 2 is 2.25 bits per heavy atom. The summed E-state index contributed by atoms with van der Waals surface area (Å²) in [6, 6.07) is 0. The minimum absolute atomic E-state index is 0.00461. The SMILES string of the molecule is O=C(O)CCCC(=O)OC[C@@H]1CNC(=O)O1. The molecule has 0 unspecified atom stereocenters. The van der Waals surface area contributed by atoms with Crippen molar-refractivity contribution < 1.29 is 29.0 Å². The fourth-order valence-corrected chi connectivity index (χ4v) is 1.17. The number of cyclic esters (lactones) is 1. The van der Waals surface area contributed by atoms with E-state index >= 15 is 0 Å². The minimum Gasteiger partial charge on any atom is -0.481 e. The van der Waals surface area contributed by atoms with Crippen LogP contribution in [-0.4, -0.2) is 42.4 Å². The molecule has 1 saturated heterocycles. The summed E-state index contributed by atoms with van der Waals surface area (Å²) in [4.78, 5) is 31.9. The van der Waals surface area contributed by atoms with Gasteiger partial charge in [-0.3, -0.25) is 9.59 Å². The number of hydrogen-bond donors (Lipinski definition) is 2. The third kappa shape index (κ3) is 4.63. The number of aliphatic carboxylic acids is 1. The van der Waals surface area contributed by atoms with Crippen LogP contribution in [0.15, 0.2) is 0 Å². The van der Waals surface area contributed by atoms with Gasteiger partial charge in [-0.25, -0.2) is 4.79 Å². The molecule has 0 aromatic heterocycles. The molecule has 0 spiro atoms. The van der Waals surface area contributed by atoms with E-state index < -0.39 is 24.1 Å². The van der Waals surface area contributed by atoms with Crippen LogP contribution >= 0.6 is 0 Å². The van der Waals surface area contributed by atoms with Crippen molar-refractivity contribution in [1.29, 1.82) is 0 Å². The first-order valence-corrected chi connectivity index (χ1v) is 4.90. The molecule has 1 amide bonds. The third-order valence-corrected chi connectivity index (χ3v) is 1.95. The summed E-state index contributed by atoms with van der Waals surface area (Å²) >= 11 is 0. The number of carbonyl (C=O) groups excluding carboxylic acids is 2. The van der Waals surface area contributed by atoms with E-state index in [1.807, 2.05) is 0 Å². The van der Waals surface area contributed by atoms with Crippen molar-refractivity contribution in [2.75, 3.05) is 13.2 Å². The average molecular weight is 231 g/mol. The number of carboxylic acids is 1. The lowest BCUT2D eigenvalue weighted by Crippen LogP contribution is -2.22. The Kier molecular flexibility index (Phi) is 4.56. The summed E-state index contributed by atoms with van der Waals surface area (Å²) in [5.41, 5.74) is 0. The highest BCUT2D eigenvalue weighted by Gasteiger charge is 2.23. The molecule has 0 radical (unpaired) electrons. The predicted molar refractivity (Wildman–Crippen MR) is 50.7 cm³/mol. The van der Waals surface area contributed by atoms with Gasteiger partial charge in [0.1, 0.15) is 6.61 Å². The summed E-state index contributed by atoms with van der Waals surface area (Å²) in [5.74, 6) is -1.43. The Morgan fingerprint density at radius 1 is 1.50 bits per heavy atom. The number of amides is 1. The molecule has 7 heteroatoms. The number of esters is 1. The molecule has 1 fully saturated rings. The Morgan fingerprint density at radius 3 is 2.81 bits per heavy atom. The zero-order chi connectivity index (χ0) is 12.0. The number of carboxylic acid groups (broad SMARTS) is 1. The van der Waals surface area contributed by atoms with E-state index in [2.05, 4.69) is 5.32 Å². The Bertz CT molecular complexity index is 290. The van der Waals surface area contributed by atoms with E-state index in [0.29, 0.717) is 6.54 Å². The van der Waals surface area contributed by atoms with Gasteiger partial charge in [-0.15, -0.1) is 0 Å². The molecule has 0 aromatic carbocycles. The summed E-state index contributed by atoms with van der Waals surface area (Å²) < 4.78 is 9.54. The highest BCUT2D eigenvalue weighted by atomic mass is 16.6. The molecule has 90 valence electrons. The van der Waals surface area contributed by atoms with Gasteiger partial charge in [0.05, 0.1) is 6.54 Å². The highest BCUT2D eigenvalue weighted by Crippen LogP contribution is 2.03. The lowest BCUT2D eigenvalue weighted by Gasteiger charge is -2.08. The maximum atomic E-state index is 11.1. The van der Waals surface area contributed by atoms with Gasteiger partial charge in [-0.05, 0) is 6.42 Å². The molecule has 7 nitrogen and oxygen atoms in total. The molecule has 1 atom stereocenters. The second-order valence-electron chi connectivity index (χ2n) is 3.34. The zero-order valence-electron chi connectivity index (χ0n) is 8.60. The molecular formula is C9H13NO6. The molecule has 0 aromatic rings. The Balaban J connectivity index is 2.06. The van der Waals surface area contributed by atoms with Gasteiger partial charge in [0.25, 0.3) is 0 Å². The number of nitrogens with one attached hydrogen (secondary N) is 1. The van der Waals surface area contributed by atoms with Gasteiger partial charge < -0.3 is 19.9 Å². The molecule has 16 heavy (non-hydrogen) atoms. The molecule has 0 aliphatic carbocycles. The van der Waals surface area contributed by atoms with Crippen LogP contribution in [0.3, 0.4) is 0 Å². The van der Waals surface area contributed by atoms with Gasteiger partial charge in [0.2, 0.25) is 0 Å². The topological polar surface area (TPSA) is 102 Å². The van der Waals surface area contributed by atoms with Crippen LogP contribution in [-0.2, 0) is 19.1 Å². The van der Waals surface area contributed by atoms with Crippen molar-refractivity contribution in [3.8, 4) is 0 Å². The Labute approximate surface area is 91.7 Å². The second kappa shape index (κ2) is 5.94. The smallest absolute Gasteiger partial charge is 0.407 e. The molecule has 1 heterocycles. The van der Waals surface area contributed by atoms with Crippen LogP contribution < -0.4 is 5.32 Å². The maximum Gasteiger partial charge on any atom is 0.407 e. The zero-order valence-corrected chi connectivity index (χ0v) is 8.60. The van der Waals surface area contributed by atoms with Crippen LogP contribution in [0.4, 0.5) is 4.79 Å². The fourth-order valence-electron chi connectivity index (χ4n) is 1.17. The van der Waals surface area contributed by atoms with Gasteiger partial charge in [0.15, 0.2) is 6.10 Å². The van der Waals surface area contributed by atoms with E-state index in [-0.39, 0.29) is 25.9 Å². The number of rotatable bonds is 6. The van der Waals surface area contributed by atoms with E-state index in [9.17, 15) is 14.4 Å². The average Bonchev–Trinajstić information content (AvgIpc) is 2.61. The predicted octanol–water partition coefficient (Wildman–Crippen LogP) is -0.107. The van der Waals surface area contributed by atoms with Crippen molar-refractivity contribution in [2.45, 2.75) is 25.4 Å². The summed E-state index contributed by atoms with van der Waals surface area (Å²) in [7, 11) is 0. The van der Waals surface area contributed by atoms with Crippen molar-refractivity contribution in [3.63, 3.8) is 0 Å². The lowest BCUT2D eigenvalue weighted by atomic mass is 10.2. The standard InChI is InChI=1S/C9H13NO6/c11-7(12)2-1-3-8(13)15-5-6-4-10-9(14)16-6/h6H,1-5H2,(H,10,14)(H,11,12)/t6-/m0/s1. The normalized spacial score (nSPS) is 18.8. The van der Waals surface area contributed by atoms with Crippen LogP contribution in [0.25, 0.3) is 0 Å². The highest BCUT2D eigenvalue weighted by molar-refractivity contribution is 5.72. The first kappa shape index (κ1) is 12.3.